The van der Waals surface area contributed by atoms with Crippen LogP contribution in [0.15, 0.2) is 0 Å². The van der Waals surface area contributed by atoms with Crippen LogP contribution in [0.4, 0.5) is 0 Å². The second-order valence-corrected chi connectivity index (χ2v) is 5.01. The van der Waals surface area contributed by atoms with Gasteiger partial charge in [-0.15, -0.1) is 0 Å². The van der Waals surface area contributed by atoms with Crippen molar-refractivity contribution in [2.24, 2.45) is 11.8 Å². The first kappa shape index (κ1) is 12.9. The van der Waals surface area contributed by atoms with Gasteiger partial charge in [0.05, 0.1) is 13.0 Å². The van der Waals surface area contributed by atoms with E-state index in [0.717, 1.165) is 0 Å². The number of nitrogens with zero attached hydrogens (tertiary/aromatic N) is 1. The van der Waals surface area contributed by atoms with Crippen molar-refractivity contribution >= 4 is 17.8 Å². The van der Waals surface area contributed by atoms with E-state index in [-0.39, 0.29) is 29.6 Å². The number of carbonyl (C=O) groups is 3. The maximum absolute atomic E-state index is 12.2. The highest BCUT2D eigenvalue weighted by Gasteiger charge is 2.40. The Kier molecular flexibility index (Phi) is 3.54. The smallest absolute Gasteiger partial charge is 0.310 e. The molecule has 1 N–H and O–H groups in total. The Labute approximate surface area is 106 Å². The first-order valence-corrected chi connectivity index (χ1v) is 6.19. The van der Waals surface area contributed by atoms with Crippen molar-refractivity contribution in [1.29, 1.82) is 0 Å². The zero-order chi connectivity index (χ0) is 13.3. The first-order valence-electron chi connectivity index (χ1n) is 6.19. The molecule has 0 aromatic rings. The van der Waals surface area contributed by atoms with Gasteiger partial charge in [-0.2, -0.15) is 0 Å². The molecule has 2 fully saturated rings. The monoisotopic (exact) mass is 254 g/mol. The van der Waals surface area contributed by atoms with Gasteiger partial charge < -0.3 is 15.0 Å². The van der Waals surface area contributed by atoms with Crippen LogP contribution in [-0.4, -0.2) is 48.9 Å². The van der Waals surface area contributed by atoms with Gasteiger partial charge >= 0.3 is 5.97 Å². The predicted molar refractivity (Wildman–Crippen MR) is 62.4 cm³/mol. The van der Waals surface area contributed by atoms with Gasteiger partial charge in [-0.3, -0.25) is 14.4 Å². The number of nitrogens with one attached hydrogen (secondary N) is 1. The molecule has 2 saturated heterocycles. The van der Waals surface area contributed by atoms with E-state index in [1.165, 1.54) is 7.11 Å². The number of rotatable bonds is 2. The fraction of sp³-hybridized carbons (Fsp3) is 0.750. The lowest BCUT2D eigenvalue weighted by Gasteiger charge is -2.20. The van der Waals surface area contributed by atoms with Crippen molar-refractivity contribution in [2.45, 2.75) is 25.8 Å². The lowest BCUT2D eigenvalue weighted by molar-refractivity contribution is -0.146. The van der Waals surface area contributed by atoms with Gasteiger partial charge in [0.15, 0.2) is 0 Å². The minimum absolute atomic E-state index is 0.0786. The van der Waals surface area contributed by atoms with Gasteiger partial charge in [0.1, 0.15) is 6.04 Å². The Morgan fingerprint density at radius 1 is 1.39 bits per heavy atom. The Balaban J connectivity index is 1.97. The Morgan fingerprint density at radius 2 is 2.11 bits per heavy atom. The van der Waals surface area contributed by atoms with Crippen molar-refractivity contribution in [2.75, 3.05) is 20.2 Å². The molecule has 3 atom stereocenters. The van der Waals surface area contributed by atoms with Gasteiger partial charge in [0, 0.05) is 19.5 Å². The molecule has 0 aromatic heterocycles. The highest BCUT2D eigenvalue weighted by molar-refractivity contribution is 5.91. The summed E-state index contributed by atoms with van der Waals surface area (Å²) < 4.78 is 4.73. The minimum atomic E-state index is -0.416. The summed E-state index contributed by atoms with van der Waals surface area (Å²) in [6.07, 6.45) is 0.950. The summed E-state index contributed by atoms with van der Waals surface area (Å²) in [6.45, 7) is 2.87. The van der Waals surface area contributed by atoms with Crippen molar-refractivity contribution in [3.05, 3.63) is 0 Å². The second kappa shape index (κ2) is 4.96. The molecule has 6 heteroatoms. The number of methoxy groups -OCH3 is 1. The van der Waals surface area contributed by atoms with Gasteiger partial charge in [0.2, 0.25) is 11.8 Å². The van der Waals surface area contributed by atoms with Crippen LogP contribution >= 0.6 is 0 Å². The average molecular weight is 254 g/mol. The van der Waals surface area contributed by atoms with E-state index in [1.807, 2.05) is 6.92 Å². The van der Waals surface area contributed by atoms with Crippen LogP contribution in [0.5, 0.6) is 0 Å². The number of amides is 2. The molecular weight excluding hydrogens is 236 g/mol. The van der Waals surface area contributed by atoms with Crippen molar-refractivity contribution in [1.82, 2.24) is 10.2 Å². The Hall–Kier alpha value is -1.59. The van der Waals surface area contributed by atoms with Crippen molar-refractivity contribution < 1.29 is 19.1 Å². The summed E-state index contributed by atoms with van der Waals surface area (Å²) in [5.74, 6) is -0.591. The van der Waals surface area contributed by atoms with E-state index in [0.29, 0.717) is 25.9 Å². The van der Waals surface area contributed by atoms with E-state index >= 15 is 0 Å². The van der Waals surface area contributed by atoms with Crippen LogP contribution in [0.25, 0.3) is 0 Å². The van der Waals surface area contributed by atoms with Crippen LogP contribution in [0.1, 0.15) is 19.8 Å². The largest absolute Gasteiger partial charge is 0.469 e. The highest BCUT2D eigenvalue weighted by atomic mass is 16.5. The number of hydrogen-bond donors (Lipinski definition) is 1. The van der Waals surface area contributed by atoms with Crippen LogP contribution in [0, 0.1) is 11.8 Å². The van der Waals surface area contributed by atoms with Crippen molar-refractivity contribution in [3.8, 4) is 0 Å². The van der Waals surface area contributed by atoms with Gasteiger partial charge in [-0.25, -0.2) is 0 Å². The van der Waals surface area contributed by atoms with Gasteiger partial charge in [-0.1, -0.05) is 6.92 Å². The van der Waals surface area contributed by atoms with E-state index in [1.54, 1.807) is 4.90 Å². The van der Waals surface area contributed by atoms with Crippen LogP contribution < -0.4 is 5.32 Å². The highest BCUT2D eigenvalue weighted by Crippen LogP contribution is 2.25. The summed E-state index contributed by atoms with van der Waals surface area (Å²) >= 11 is 0. The molecule has 0 saturated carbocycles. The number of ether oxygens (including phenoxy) is 1. The molecule has 6 nitrogen and oxygen atoms in total. The molecule has 100 valence electrons. The molecular formula is C12H18N2O4. The summed E-state index contributed by atoms with van der Waals surface area (Å²) in [7, 11) is 1.36. The summed E-state index contributed by atoms with van der Waals surface area (Å²) in [5, 5.41) is 2.66. The second-order valence-electron chi connectivity index (χ2n) is 5.01. The van der Waals surface area contributed by atoms with Gasteiger partial charge in [0.25, 0.3) is 0 Å². The molecule has 2 rings (SSSR count). The number of esters is 1. The molecule has 0 radical (unpaired) electrons. The maximum atomic E-state index is 12.2. The molecule has 0 spiro atoms. The quantitative estimate of drug-likeness (QED) is 0.676. The minimum Gasteiger partial charge on any atom is -0.469 e. The molecule has 0 bridgehead atoms. The molecule has 2 heterocycles. The zero-order valence-electron chi connectivity index (χ0n) is 10.6. The van der Waals surface area contributed by atoms with E-state index in [2.05, 4.69) is 5.32 Å². The summed E-state index contributed by atoms with van der Waals surface area (Å²) in [6, 6.07) is -0.416. The fourth-order valence-corrected chi connectivity index (χ4v) is 2.62. The molecule has 2 aliphatic rings. The number of hydrogen-bond acceptors (Lipinski definition) is 4. The van der Waals surface area contributed by atoms with E-state index < -0.39 is 6.04 Å². The maximum Gasteiger partial charge on any atom is 0.310 e. The first-order chi connectivity index (χ1) is 8.52. The predicted octanol–water partition coefficient (Wildman–Crippen LogP) is -0.467. The van der Waals surface area contributed by atoms with Crippen LogP contribution in [0.2, 0.25) is 0 Å². The lowest BCUT2D eigenvalue weighted by atomic mass is 9.99. The zero-order valence-corrected chi connectivity index (χ0v) is 10.6. The molecule has 0 aromatic carbocycles. The third-order valence-electron chi connectivity index (χ3n) is 3.72. The topological polar surface area (TPSA) is 75.7 Å². The number of likely N-dealkylation sites (tertiary alicyclic amines) is 1. The molecule has 18 heavy (non-hydrogen) atoms. The van der Waals surface area contributed by atoms with Crippen LogP contribution in [0.3, 0.4) is 0 Å². The Bertz CT molecular complexity index is 382. The molecule has 2 unspecified atom stereocenters. The SMILES string of the molecule is COC(=O)C1CN(C(=O)[C@@H]2CCC(=O)N2)CC1C. The molecule has 2 amide bonds. The third-order valence-corrected chi connectivity index (χ3v) is 3.72. The fourth-order valence-electron chi connectivity index (χ4n) is 2.62. The molecule has 2 aliphatic heterocycles. The standard InChI is InChI=1S/C12H18N2O4/c1-7-5-14(6-8(7)12(17)18-2)11(16)9-3-4-10(15)13-9/h7-9H,3-6H2,1-2H3,(H,13,15)/t7?,8?,9-/m0/s1. The number of carbonyl (C=O) groups excluding carboxylic acids is 3. The Morgan fingerprint density at radius 3 is 2.67 bits per heavy atom. The summed E-state index contributed by atoms with van der Waals surface area (Å²) in [5.41, 5.74) is 0. The normalized spacial score (nSPS) is 31.3. The lowest BCUT2D eigenvalue weighted by Crippen LogP contribution is -2.43. The van der Waals surface area contributed by atoms with E-state index in [4.69, 9.17) is 4.74 Å². The van der Waals surface area contributed by atoms with Crippen molar-refractivity contribution in [3.63, 3.8) is 0 Å². The van der Waals surface area contributed by atoms with Gasteiger partial charge in [-0.05, 0) is 12.3 Å². The van der Waals surface area contributed by atoms with E-state index in [9.17, 15) is 14.4 Å². The molecule has 0 aliphatic carbocycles. The van der Waals surface area contributed by atoms with Crippen LogP contribution in [-0.2, 0) is 19.1 Å². The summed E-state index contributed by atoms with van der Waals surface area (Å²) in [4.78, 5) is 36.4. The average Bonchev–Trinajstić information content (AvgIpc) is 2.94. The third kappa shape index (κ3) is 2.32.